The highest BCUT2D eigenvalue weighted by atomic mass is 16.4. The fourth-order valence-electron chi connectivity index (χ4n) is 4.27. The molecule has 1 aliphatic heterocycles. The Bertz CT molecular complexity index is 842. The van der Waals surface area contributed by atoms with E-state index in [-0.39, 0.29) is 17.2 Å². The maximum atomic E-state index is 13.3. The van der Waals surface area contributed by atoms with E-state index >= 15 is 0 Å². The van der Waals surface area contributed by atoms with E-state index in [2.05, 4.69) is 15.5 Å². The summed E-state index contributed by atoms with van der Waals surface area (Å²) < 4.78 is 1.59. The Morgan fingerprint density at radius 3 is 2.52 bits per heavy atom. The second-order valence-corrected chi connectivity index (χ2v) is 7.66. The number of carbonyl (C=O) groups excluding carboxylic acids is 1. The SMILES string of the molecule is Cc1nnnn1C(Cc1ccccc1)C(=O)N1CCC2(CC1)CC2C(=O)O. The van der Waals surface area contributed by atoms with Crippen LogP contribution in [-0.4, -0.2) is 55.2 Å². The first-order valence-corrected chi connectivity index (χ1v) is 9.30. The van der Waals surface area contributed by atoms with Crippen LogP contribution in [0.2, 0.25) is 0 Å². The van der Waals surface area contributed by atoms with Gasteiger partial charge in [-0.15, -0.1) is 5.10 Å². The number of amides is 1. The minimum Gasteiger partial charge on any atom is -0.481 e. The number of hydrogen-bond acceptors (Lipinski definition) is 5. The average Bonchev–Trinajstić information content (AvgIpc) is 3.21. The predicted molar refractivity (Wildman–Crippen MR) is 95.7 cm³/mol. The van der Waals surface area contributed by atoms with Gasteiger partial charge in [0.2, 0.25) is 5.91 Å². The Labute approximate surface area is 157 Å². The van der Waals surface area contributed by atoms with Gasteiger partial charge in [0.25, 0.3) is 0 Å². The molecule has 1 aromatic heterocycles. The van der Waals surface area contributed by atoms with E-state index in [1.165, 1.54) is 0 Å². The molecule has 0 bridgehead atoms. The first kappa shape index (κ1) is 17.6. The molecule has 8 heteroatoms. The molecule has 0 radical (unpaired) electrons. The first-order chi connectivity index (χ1) is 13.0. The molecule has 27 heavy (non-hydrogen) atoms. The van der Waals surface area contributed by atoms with E-state index in [0.29, 0.717) is 25.3 Å². The van der Waals surface area contributed by atoms with Crippen LogP contribution in [0, 0.1) is 18.3 Å². The van der Waals surface area contributed by atoms with E-state index in [0.717, 1.165) is 24.8 Å². The molecule has 2 fully saturated rings. The maximum Gasteiger partial charge on any atom is 0.307 e. The largest absolute Gasteiger partial charge is 0.481 e. The molecule has 1 aromatic carbocycles. The number of tetrazole rings is 1. The standard InChI is InChI=1S/C19H23N5O3/c1-13-20-21-22-24(13)16(11-14-5-3-2-4-6-14)17(25)23-9-7-19(8-10-23)12-15(19)18(26)27/h2-6,15-16H,7-12H2,1H3,(H,26,27). The van der Waals surface area contributed by atoms with Crippen LogP contribution >= 0.6 is 0 Å². The van der Waals surface area contributed by atoms with Gasteiger partial charge in [-0.05, 0) is 47.6 Å². The topological polar surface area (TPSA) is 101 Å². The summed E-state index contributed by atoms with van der Waals surface area (Å²) in [6, 6.07) is 9.34. The Balaban J connectivity index is 1.50. The first-order valence-electron chi connectivity index (χ1n) is 9.30. The summed E-state index contributed by atoms with van der Waals surface area (Å²) in [6.45, 7) is 2.97. The van der Waals surface area contributed by atoms with Crippen molar-refractivity contribution < 1.29 is 14.7 Å². The molecule has 1 N–H and O–H groups in total. The van der Waals surface area contributed by atoms with Crippen molar-refractivity contribution in [2.45, 2.75) is 38.6 Å². The number of aromatic nitrogens is 4. The van der Waals surface area contributed by atoms with Gasteiger partial charge >= 0.3 is 5.97 Å². The molecule has 2 unspecified atom stereocenters. The van der Waals surface area contributed by atoms with Crippen molar-refractivity contribution in [3.05, 3.63) is 41.7 Å². The summed E-state index contributed by atoms with van der Waals surface area (Å²) in [5, 5.41) is 20.9. The molecule has 4 rings (SSSR count). The average molecular weight is 369 g/mol. The molecule has 2 heterocycles. The van der Waals surface area contributed by atoms with E-state index < -0.39 is 12.0 Å². The Morgan fingerprint density at radius 2 is 1.96 bits per heavy atom. The lowest BCUT2D eigenvalue weighted by Crippen LogP contribution is -2.44. The van der Waals surface area contributed by atoms with E-state index in [1.807, 2.05) is 35.2 Å². The fraction of sp³-hybridized carbons (Fsp3) is 0.526. The number of piperidine rings is 1. The second-order valence-electron chi connectivity index (χ2n) is 7.66. The van der Waals surface area contributed by atoms with Crippen molar-refractivity contribution >= 4 is 11.9 Å². The van der Waals surface area contributed by atoms with Crippen LogP contribution in [0.5, 0.6) is 0 Å². The molecule has 2 atom stereocenters. The molecule has 1 saturated carbocycles. The normalized spacial score (nSPS) is 21.8. The molecular formula is C19H23N5O3. The molecule has 1 amide bonds. The van der Waals surface area contributed by atoms with Gasteiger partial charge < -0.3 is 10.0 Å². The van der Waals surface area contributed by atoms with Crippen molar-refractivity contribution in [3.8, 4) is 0 Å². The van der Waals surface area contributed by atoms with Gasteiger partial charge in [0.15, 0.2) is 0 Å². The van der Waals surface area contributed by atoms with Gasteiger partial charge in [-0.25, -0.2) is 4.68 Å². The zero-order valence-corrected chi connectivity index (χ0v) is 15.3. The Hall–Kier alpha value is -2.77. The predicted octanol–water partition coefficient (Wildman–Crippen LogP) is 1.48. The number of hydrogen-bond donors (Lipinski definition) is 1. The van der Waals surface area contributed by atoms with Crippen molar-refractivity contribution in [3.63, 3.8) is 0 Å². The lowest BCUT2D eigenvalue weighted by molar-refractivity contribution is -0.140. The third-order valence-corrected chi connectivity index (χ3v) is 6.07. The summed E-state index contributed by atoms with van der Waals surface area (Å²) in [4.78, 5) is 26.4. The molecule has 142 valence electrons. The summed E-state index contributed by atoms with van der Waals surface area (Å²) in [5.74, 6) is -0.347. The number of carboxylic acids is 1. The zero-order chi connectivity index (χ0) is 19.0. The third-order valence-electron chi connectivity index (χ3n) is 6.07. The van der Waals surface area contributed by atoms with Gasteiger partial charge in [0.1, 0.15) is 11.9 Å². The van der Waals surface area contributed by atoms with E-state index in [1.54, 1.807) is 11.6 Å². The van der Waals surface area contributed by atoms with Crippen LogP contribution in [0.4, 0.5) is 0 Å². The molecule has 1 saturated heterocycles. The maximum absolute atomic E-state index is 13.3. The number of aryl methyl sites for hydroxylation is 1. The summed E-state index contributed by atoms with van der Waals surface area (Å²) in [7, 11) is 0. The summed E-state index contributed by atoms with van der Waals surface area (Å²) in [6.07, 6.45) is 2.76. The number of carbonyl (C=O) groups is 2. The van der Waals surface area contributed by atoms with Gasteiger partial charge in [0.05, 0.1) is 5.92 Å². The smallest absolute Gasteiger partial charge is 0.307 e. The molecule has 2 aliphatic rings. The zero-order valence-electron chi connectivity index (χ0n) is 15.3. The fourth-order valence-corrected chi connectivity index (χ4v) is 4.27. The highest BCUT2D eigenvalue weighted by Gasteiger charge is 2.59. The molecule has 8 nitrogen and oxygen atoms in total. The number of likely N-dealkylation sites (tertiary alicyclic amines) is 1. The van der Waals surface area contributed by atoms with Crippen molar-refractivity contribution in [2.75, 3.05) is 13.1 Å². The number of rotatable bonds is 5. The van der Waals surface area contributed by atoms with E-state index in [9.17, 15) is 14.7 Å². The highest BCUT2D eigenvalue weighted by Crippen LogP contribution is 2.59. The number of aliphatic carboxylic acids is 1. The number of benzene rings is 1. The van der Waals surface area contributed by atoms with Gasteiger partial charge in [-0.3, -0.25) is 9.59 Å². The van der Waals surface area contributed by atoms with Gasteiger partial charge in [-0.2, -0.15) is 0 Å². The summed E-state index contributed by atoms with van der Waals surface area (Å²) >= 11 is 0. The van der Waals surface area contributed by atoms with Gasteiger partial charge in [-0.1, -0.05) is 30.3 Å². The van der Waals surface area contributed by atoms with Crippen molar-refractivity contribution in [1.82, 2.24) is 25.1 Å². The van der Waals surface area contributed by atoms with E-state index in [4.69, 9.17) is 0 Å². The molecular weight excluding hydrogens is 346 g/mol. The minimum absolute atomic E-state index is 0.00312. The third kappa shape index (κ3) is 3.31. The van der Waals surface area contributed by atoms with Crippen LogP contribution in [0.1, 0.15) is 36.7 Å². The minimum atomic E-state index is -0.707. The molecule has 1 spiro atoms. The Morgan fingerprint density at radius 1 is 1.26 bits per heavy atom. The van der Waals surface area contributed by atoms with Crippen LogP contribution in [0.3, 0.4) is 0 Å². The molecule has 2 aromatic rings. The number of nitrogens with zero attached hydrogens (tertiary/aromatic N) is 5. The second kappa shape index (κ2) is 6.75. The van der Waals surface area contributed by atoms with Gasteiger partial charge in [0, 0.05) is 19.5 Å². The summed E-state index contributed by atoms with van der Waals surface area (Å²) in [5.41, 5.74) is 0.954. The van der Waals surface area contributed by atoms with Crippen LogP contribution in [0.15, 0.2) is 30.3 Å². The highest BCUT2D eigenvalue weighted by molar-refractivity contribution is 5.81. The van der Waals surface area contributed by atoms with Crippen molar-refractivity contribution in [1.29, 1.82) is 0 Å². The molecule has 1 aliphatic carbocycles. The lowest BCUT2D eigenvalue weighted by atomic mass is 9.90. The van der Waals surface area contributed by atoms with Crippen LogP contribution in [-0.2, 0) is 16.0 Å². The Kier molecular flexibility index (Phi) is 4.41. The van der Waals surface area contributed by atoms with Crippen LogP contribution < -0.4 is 0 Å². The monoisotopic (exact) mass is 369 g/mol. The van der Waals surface area contributed by atoms with Crippen molar-refractivity contribution in [2.24, 2.45) is 11.3 Å². The quantitative estimate of drug-likeness (QED) is 0.857. The lowest BCUT2D eigenvalue weighted by Gasteiger charge is -2.35. The number of carboxylic acid groups (broad SMARTS) is 1. The van der Waals surface area contributed by atoms with Crippen LogP contribution in [0.25, 0.3) is 0 Å².